The maximum absolute atomic E-state index is 12.9. The van der Waals surface area contributed by atoms with Crippen molar-refractivity contribution in [1.29, 1.82) is 0 Å². The van der Waals surface area contributed by atoms with E-state index >= 15 is 0 Å². The average molecular weight is 172 g/mol. The Morgan fingerprint density at radius 2 is 1.83 bits per heavy atom. The Morgan fingerprint density at radius 1 is 1.17 bits per heavy atom. The minimum atomic E-state index is -0.978. The predicted octanol–water partition coefficient (Wildman–Crippen LogP) is 4.26. The van der Waals surface area contributed by atoms with E-state index in [1.807, 2.05) is 0 Å². The molecule has 1 heteroatoms. The molecule has 72 valence electrons. The van der Waals surface area contributed by atoms with Crippen LogP contribution in [0.4, 0.5) is 4.39 Å². The van der Waals surface area contributed by atoms with Gasteiger partial charge in [-0.25, -0.2) is 4.39 Å². The van der Waals surface area contributed by atoms with Crippen molar-refractivity contribution in [3.05, 3.63) is 12.2 Å². The van der Waals surface area contributed by atoms with Crippen LogP contribution in [0.25, 0.3) is 0 Å². The first-order valence-electron chi connectivity index (χ1n) is 4.90. The fourth-order valence-corrected chi connectivity index (χ4v) is 1.09. The zero-order valence-electron chi connectivity index (χ0n) is 8.57. The topological polar surface area (TPSA) is 0 Å². The SMILES string of the molecule is CC/C=C\CCCCC(C)(C)F. The number of unbranched alkanes of at least 4 members (excludes halogenated alkanes) is 2. The van der Waals surface area contributed by atoms with Crippen molar-refractivity contribution in [2.45, 2.75) is 58.5 Å². The maximum Gasteiger partial charge on any atom is 0.105 e. The highest BCUT2D eigenvalue weighted by molar-refractivity contribution is 4.80. The lowest BCUT2D eigenvalue weighted by Gasteiger charge is -2.12. The Morgan fingerprint density at radius 3 is 2.33 bits per heavy atom. The summed E-state index contributed by atoms with van der Waals surface area (Å²) in [5, 5.41) is 0. The summed E-state index contributed by atoms with van der Waals surface area (Å²) in [7, 11) is 0. The molecule has 0 aromatic carbocycles. The fourth-order valence-electron chi connectivity index (χ4n) is 1.09. The van der Waals surface area contributed by atoms with Gasteiger partial charge in [-0.2, -0.15) is 0 Å². The molecule has 0 saturated carbocycles. The maximum atomic E-state index is 12.9. The third kappa shape index (κ3) is 9.67. The van der Waals surface area contributed by atoms with Gasteiger partial charge in [0, 0.05) is 0 Å². The van der Waals surface area contributed by atoms with Crippen molar-refractivity contribution in [3.63, 3.8) is 0 Å². The molecule has 0 aliphatic rings. The molecule has 0 nitrogen and oxygen atoms in total. The molecular formula is C11H21F. The molecule has 0 amide bonds. The van der Waals surface area contributed by atoms with Crippen LogP contribution in [0.15, 0.2) is 12.2 Å². The Kier molecular flexibility index (Phi) is 6.04. The largest absolute Gasteiger partial charge is 0.245 e. The second kappa shape index (κ2) is 6.22. The minimum absolute atomic E-state index is 0.687. The first-order chi connectivity index (χ1) is 5.56. The summed E-state index contributed by atoms with van der Waals surface area (Å²) < 4.78 is 12.9. The van der Waals surface area contributed by atoms with Gasteiger partial charge in [-0.15, -0.1) is 0 Å². The fraction of sp³-hybridized carbons (Fsp3) is 0.818. The van der Waals surface area contributed by atoms with Gasteiger partial charge in [0.05, 0.1) is 0 Å². The average Bonchev–Trinajstić information content (AvgIpc) is 1.94. The number of allylic oxidation sites excluding steroid dienone is 2. The molecule has 0 saturated heterocycles. The number of halogens is 1. The van der Waals surface area contributed by atoms with Crippen LogP contribution in [-0.2, 0) is 0 Å². The van der Waals surface area contributed by atoms with Crippen LogP contribution in [0.3, 0.4) is 0 Å². The molecule has 0 atom stereocenters. The van der Waals surface area contributed by atoms with Crippen LogP contribution < -0.4 is 0 Å². The molecule has 0 spiro atoms. The highest BCUT2D eigenvalue weighted by atomic mass is 19.1. The quantitative estimate of drug-likeness (QED) is 0.415. The van der Waals surface area contributed by atoms with Crippen LogP contribution >= 0.6 is 0 Å². The molecule has 0 aromatic rings. The third-order valence-electron chi connectivity index (χ3n) is 1.79. The number of hydrogen-bond acceptors (Lipinski definition) is 0. The van der Waals surface area contributed by atoms with Crippen LogP contribution in [0.5, 0.6) is 0 Å². The molecule has 0 N–H and O–H groups in total. The molecule has 0 aliphatic heterocycles. The van der Waals surface area contributed by atoms with E-state index in [0.29, 0.717) is 6.42 Å². The Balaban J connectivity index is 3.17. The highest BCUT2D eigenvalue weighted by Gasteiger charge is 2.13. The van der Waals surface area contributed by atoms with Gasteiger partial charge in [-0.05, 0) is 46.0 Å². The lowest BCUT2D eigenvalue weighted by atomic mass is 10.0. The second-order valence-electron chi connectivity index (χ2n) is 3.84. The Labute approximate surface area is 75.9 Å². The Hall–Kier alpha value is -0.330. The summed E-state index contributed by atoms with van der Waals surface area (Å²) in [6, 6.07) is 0. The Bertz CT molecular complexity index is 119. The predicted molar refractivity (Wildman–Crippen MR) is 53.1 cm³/mol. The summed E-state index contributed by atoms with van der Waals surface area (Å²) in [5.74, 6) is 0. The van der Waals surface area contributed by atoms with Crippen molar-refractivity contribution in [2.24, 2.45) is 0 Å². The van der Waals surface area contributed by atoms with Crippen molar-refractivity contribution in [1.82, 2.24) is 0 Å². The normalized spacial score (nSPS) is 12.7. The van der Waals surface area contributed by atoms with E-state index in [0.717, 1.165) is 25.7 Å². The van der Waals surface area contributed by atoms with Gasteiger partial charge in [0.2, 0.25) is 0 Å². The molecule has 0 aliphatic carbocycles. The molecule has 12 heavy (non-hydrogen) atoms. The summed E-state index contributed by atoms with van der Waals surface area (Å²) in [6.45, 7) is 5.42. The molecule has 0 fully saturated rings. The molecule has 0 radical (unpaired) electrons. The smallest absolute Gasteiger partial charge is 0.105 e. The van der Waals surface area contributed by atoms with Crippen LogP contribution in [-0.4, -0.2) is 5.67 Å². The van der Waals surface area contributed by atoms with E-state index in [-0.39, 0.29) is 0 Å². The van der Waals surface area contributed by atoms with E-state index in [1.165, 1.54) is 0 Å². The van der Waals surface area contributed by atoms with E-state index in [1.54, 1.807) is 13.8 Å². The zero-order chi connectivity index (χ0) is 9.45. The molecule has 0 bridgehead atoms. The zero-order valence-corrected chi connectivity index (χ0v) is 8.57. The lowest BCUT2D eigenvalue weighted by molar-refractivity contribution is 0.196. The highest BCUT2D eigenvalue weighted by Crippen LogP contribution is 2.17. The molecule has 0 heterocycles. The van der Waals surface area contributed by atoms with Gasteiger partial charge in [0.15, 0.2) is 0 Å². The van der Waals surface area contributed by atoms with Gasteiger partial charge >= 0.3 is 0 Å². The standard InChI is InChI=1S/C11H21F/c1-4-5-6-7-8-9-10-11(2,3)12/h5-6H,4,7-10H2,1-3H3/b6-5-. The van der Waals surface area contributed by atoms with E-state index in [4.69, 9.17) is 0 Å². The molecular weight excluding hydrogens is 151 g/mol. The summed E-state index contributed by atoms with van der Waals surface area (Å²) in [4.78, 5) is 0. The van der Waals surface area contributed by atoms with Crippen LogP contribution in [0.1, 0.15) is 52.9 Å². The van der Waals surface area contributed by atoms with Crippen LogP contribution in [0, 0.1) is 0 Å². The number of hydrogen-bond donors (Lipinski definition) is 0. The van der Waals surface area contributed by atoms with E-state index in [9.17, 15) is 4.39 Å². The van der Waals surface area contributed by atoms with Gasteiger partial charge in [-0.1, -0.05) is 19.1 Å². The van der Waals surface area contributed by atoms with Gasteiger partial charge in [-0.3, -0.25) is 0 Å². The van der Waals surface area contributed by atoms with Crippen molar-refractivity contribution >= 4 is 0 Å². The summed E-state index contributed by atoms with van der Waals surface area (Å²) in [5.41, 5.74) is -0.978. The van der Waals surface area contributed by atoms with Crippen molar-refractivity contribution in [2.75, 3.05) is 0 Å². The lowest BCUT2D eigenvalue weighted by Crippen LogP contribution is -2.10. The third-order valence-corrected chi connectivity index (χ3v) is 1.79. The van der Waals surface area contributed by atoms with E-state index in [2.05, 4.69) is 19.1 Å². The molecule has 0 aromatic heterocycles. The van der Waals surface area contributed by atoms with Gasteiger partial charge < -0.3 is 0 Å². The number of alkyl halides is 1. The second-order valence-corrected chi connectivity index (χ2v) is 3.84. The summed E-state index contributed by atoms with van der Waals surface area (Å²) in [6.07, 6.45) is 9.36. The first-order valence-corrected chi connectivity index (χ1v) is 4.90. The van der Waals surface area contributed by atoms with Crippen LogP contribution in [0.2, 0.25) is 0 Å². The number of rotatable bonds is 6. The van der Waals surface area contributed by atoms with E-state index < -0.39 is 5.67 Å². The molecule has 0 rings (SSSR count). The molecule has 0 unspecified atom stereocenters. The van der Waals surface area contributed by atoms with Gasteiger partial charge in [0.1, 0.15) is 5.67 Å². The minimum Gasteiger partial charge on any atom is -0.245 e. The van der Waals surface area contributed by atoms with Crippen molar-refractivity contribution < 1.29 is 4.39 Å². The first kappa shape index (κ1) is 11.7. The monoisotopic (exact) mass is 172 g/mol. The summed E-state index contributed by atoms with van der Waals surface area (Å²) >= 11 is 0. The van der Waals surface area contributed by atoms with Gasteiger partial charge in [0.25, 0.3) is 0 Å². The van der Waals surface area contributed by atoms with Crippen molar-refractivity contribution in [3.8, 4) is 0 Å².